The zero-order valence-corrected chi connectivity index (χ0v) is 14.2. The first-order valence-corrected chi connectivity index (χ1v) is 8.95. The summed E-state index contributed by atoms with van der Waals surface area (Å²) in [6, 6.07) is 14.3. The lowest BCUT2D eigenvalue weighted by molar-refractivity contribution is -0.107. The summed E-state index contributed by atoms with van der Waals surface area (Å²) in [7, 11) is 0. The lowest BCUT2D eigenvalue weighted by Crippen LogP contribution is -1.90. The number of benzene rings is 2. The Morgan fingerprint density at radius 2 is 1.96 bits per heavy atom. The number of hydrogen-bond acceptors (Lipinski definition) is 4. The maximum atomic E-state index is 13.8. The van der Waals surface area contributed by atoms with Gasteiger partial charge in [-0.2, -0.15) is 0 Å². The fourth-order valence-corrected chi connectivity index (χ4v) is 3.97. The van der Waals surface area contributed by atoms with Gasteiger partial charge in [0, 0.05) is 11.3 Å². The van der Waals surface area contributed by atoms with Crippen molar-refractivity contribution in [3.8, 4) is 0 Å². The highest BCUT2D eigenvalue weighted by atomic mass is 35.5. The summed E-state index contributed by atoms with van der Waals surface area (Å²) in [6.45, 7) is 0. The average molecular weight is 364 g/mol. The smallest absolute Gasteiger partial charge is 0.244 e. The van der Waals surface area contributed by atoms with Crippen LogP contribution in [0.2, 0.25) is 5.02 Å². The molecule has 0 aromatic heterocycles. The number of hydrogen-bond donors (Lipinski definition) is 0. The van der Waals surface area contributed by atoms with E-state index in [9.17, 15) is 9.18 Å². The molecule has 1 heterocycles. The second kappa shape index (κ2) is 7.34. The molecule has 1 aliphatic rings. The number of aliphatic imine (C=N–C) groups is 1. The lowest BCUT2D eigenvalue weighted by atomic mass is 10.2. The molecule has 2 aromatic carbocycles. The molecular weight excluding hydrogens is 353 g/mol. The van der Waals surface area contributed by atoms with Crippen LogP contribution in [0.3, 0.4) is 0 Å². The first kappa shape index (κ1) is 16.3. The van der Waals surface area contributed by atoms with Crippen LogP contribution < -0.4 is 0 Å². The van der Waals surface area contributed by atoms with Crippen molar-refractivity contribution in [3.05, 3.63) is 76.2 Å². The summed E-state index contributed by atoms with van der Waals surface area (Å²) in [5.41, 5.74) is 1.57. The van der Waals surface area contributed by atoms with Gasteiger partial charge in [0.2, 0.25) is 5.12 Å². The molecule has 0 saturated heterocycles. The van der Waals surface area contributed by atoms with Gasteiger partial charge in [0.05, 0.1) is 5.02 Å². The second-order valence-electron chi connectivity index (χ2n) is 4.71. The number of nitrogens with zero attached hydrogens (tertiary/aromatic N) is 1. The van der Waals surface area contributed by atoms with Crippen molar-refractivity contribution in [3.63, 3.8) is 0 Å². The van der Waals surface area contributed by atoms with Crippen molar-refractivity contribution in [1.82, 2.24) is 0 Å². The lowest BCUT2D eigenvalue weighted by Gasteiger charge is -2.00. The number of carbonyl (C=O) groups is 1. The normalized spacial score (nSPS) is 16.0. The van der Waals surface area contributed by atoms with E-state index in [0.717, 1.165) is 23.1 Å². The predicted molar refractivity (Wildman–Crippen MR) is 97.2 cm³/mol. The number of rotatable bonds is 3. The molecule has 0 saturated carbocycles. The summed E-state index contributed by atoms with van der Waals surface area (Å²) in [5.74, 6) is 0.261. The molecule has 1 aliphatic heterocycles. The van der Waals surface area contributed by atoms with Gasteiger partial charge in [-0.3, -0.25) is 4.79 Å². The Kier molecular flexibility index (Phi) is 5.20. The first-order valence-electron chi connectivity index (χ1n) is 6.77. The minimum Gasteiger partial charge on any atom is -0.279 e. The van der Waals surface area contributed by atoms with Crippen molar-refractivity contribution in [2.24, 2.45) is 4.99 Å². The largest absolute Gasteiger partial charge is 0.279 e. The van der Waals surface area contributed by atoms with Gasteiger partial charge in [-0.25, -0.2) is 9.38 Å². The van der Waals surface area contributed by atoms with Crippen molar-refractivity contribution in [2.45, 2.75) is 5.75 Å². The molecule has 116 valence electrons. The molecule has 0 N–H and O–H groups in total. The third-order valence-corrected chi connectivity index (χ3v) is 5.50. The van der Waals surface area contributed by atoms with Gasteiger partial charge in [-0.05, 0) is 35.5 Å². The molecule has 0 unspecified atom stereocenters. The third-order valence-electron chi connectivity index (χ3n) is 3.09. The van der Waals surface area contributed by atoms with Crippen LogP contribution in [0.4, 0.5) is 4.39 Å². The molecule has 0 amide bonds. The van der Waals surface area contributed by atoms with E-state index in [2.05, 4.69) is 4.99 Å². The summed E-state index contributed by atoms with van der Waals surface area (Å²) in [4.78, 5) is 16.3. The number of carbonyl (C=O) groups excluding carboxylic acids is 1. The van der Waals surface area contributed by atoms with Crippen molar-refractivity contribution in [2.75, 3.05) is 0 Å². The zero-order chi connectivity index (χ0) is 16.2. The molecule has 0 spiro atoms. The minimum atomic E-state index is -0.469. The Bertz CT molecular complexity index is 785. The van der Waals surface area contributed by atoms with Crippen molar-refractivity contribution < 1.29 is 9.18 Å². The van der Waals surface area contributed by atoms with E-state index in [1.54, 1.807) is 6.07 Å². The number of halogens is 2. The zero-order valence-electron chi connectivity index (χ0n) is 11.8. The van der Waals surface area contributed by atoms with E-state index >= 15 is 0 Å². The molecule has 2 nitrogen and oxygen atoms in total. The van der Waals surface area contributed by atoms with Crippen LogP contribution in [0.5, 0.6) is 0 Å². The summed E-state index contributed by atoms with van der Waals surface area (Å²) >= 11 is 8.53. The summed E-state index contributed by atoms with van der Waals surface area (Å²) < 4.78 is 14.5. The molecule has 0 atom stereocenters. The van der Waals surface area contributed by atoms with Crippen molar-refractivity contribution >= 4 is 50.7 Å². The minimum absolute atomic E-state index is 0.191. The maximum absolute atomic E-state index is 13.8. The van der Waals surface area contributed by atoms with Crippen LogP contribution >= 0.6 is 35.1 Å². The van der Waals surface area contributed by atoms with Gasteiger partial charge in [0.15, 0.2) is 0 Å². The third kappa shape index (κ3) is 4.05. The van der Waals surface area contributed by atoms with Crippen LogP contribution in [-0.4, -0.2) is 9.49 Å². The van der Waals surface area contributed by atoms with Gasteiger partial charge in [0.1, 0.15) is 15.9 Å². The molecule has 23 heavy (non-hydrogen) atoms. The molecule has 2 aromatic rings. The van der Waals surface area contributed by atoms with Gasteiger partial charge in [0.25, 0.3) is 0 Å². The molecule has 0 fully saturated rings. The Morgan fingerprint density at radius 1 is 1.17 bits per heavy atom. The van der Waals surface area contributed by atoms with E-state index < -0.39 is 5.82 Å². The predicted octanol–water partition coefficient (Wildman–Crippen LogP) is 5.38. The highest BCUT2D eigenvalue weighted by Gasteiger charge is 2.23. The van der Waals surface area contributed by atoms with E-state index in [0.29, 0.717) is 4.38 Å². The second-order valence-corrected chi connectivity index (χ2v) is 7.30. The fourth-order valence-electron chi connectivity index (χ4n) is 1.96. The molecular formula is C17H11ClFNOS2. The standard InChI is InChI=1S/C17H11ClFNOS2/c18-13-7-4-8-14(19)12(13)9-15-16(21)23-17(20-15)22-10-11-5-2-1-3-6-11/h1-9H,10H2/b15-9-. The van der Waals surface area contributed by atoms with E-state index in [1.165, 1.54) is 30.0 Å². The average Bonchev–Trinajstić information content (AvgIpc) is 2.90. The molecule has 0 aliphatic carbocycles. The van der Waals surface area contributed by atoms with Gasteiger partial charge < -0.3 is 0 Å². The molecule has 0 radical (unpaired) electrons. The van der Waals surface area contributed by atoms with Crippen LogP contribution in [0, 0.1) is 5.82 Å². The van der Waals surface area contributed by atoms with E-state index in [4.69, 9.17) is 11.6 Å². The molecule has 3 rings (SSSR count). The molecule has 6 heteroatoms. The Labute approximate surface area is 146 Å². The van der Waals surface area contributed by atoms with Crippen LogP contribution in [0.1, 0.15) is 11.1 Å². The van der Waals surface area contributed by atoms with E-state index in [-0.39, 0.29) is 21.4 Å². The maximum Gasteiger partial charge on any atom is 0.244 e. The first-order chi connectivity index (χ1) is 11.1. The van der Waals surface area contributed by atoms with Gasteiger partial charge >= 0.3 is 0 Å². The highest BCUT2D eigenvalue weighted by molar-refractivity contribution is 8.45. The summed E-state index contributed by atoms with van der Waals surface area (Å²) in [5, 5.41) is 0.0655. The Morgan fingerprint density at radius 3 is 2.70 bits per heavy atom. The highest BCUT2D eigenvalue weighted by Crippen LogP contribution is 2.33. The Hall–Kier alpha value is -1.56. The Balaban J connectivity index is 1.77. The topological polar surface area (TPSA) is 29.4 Å². The number of thioether (sulfide) groups is 2. The molecule has 0 bridgehead atoms. The monoisotopic (exact) mass is 363 g/mol. The van der Waals surface area contributed by atoms with Crippen LogP contribution in [0.15, 0.2) is 59.2 Å². The fraction of sp³-hybridized carbons (Fsp3) is 0.0588. The summed E-state index contributed by atoms with van der Waals surface area (Å²) in [6.07, 6.45) is 1.41. The van der Waals surface area contributed by atoms with Crippen LogP contribution in [0.25, 0.3) is 6.08 Å². The van der Waals surface area contributed by atoms with Gasteiger partial charge in [-0.1, -0.05) is 59.8 Å². The van der Waals surface area contributed by atoms with E-state index in [1.807, 2.05) is 30.3 Å². The van der Waals surface area contributed by atoms with Crippen molar-refractivity contribution in [1.29, 1.82) is 0 Å². The van der Waals surface area contributed by atoms with Gasteiger partial charge in [-0.15, -0.1) is 0 Å². The van der Waals surface area contributed by atoms with Crippen LogP contribution in [-0.2, 0) is 10.5 Å². The quantitative estimate of drug-likeness (QED) is 0.685. The SMILES string of the molecule is O=C1SC(SCc2ccccc2)=N/C1=C\c1c(F)cccc1Cl.